The predicted octanol–water partition coefficient (Wildman–Crippen LogP) is 3.67. The van der Waals surface area contributed by atoms with Crippen LogP contribution in [0.3, 0.4) is 0 Å². The van der Waals surface area contributed by atoms with Gasteiger partial charge >= 0.3 is 152 Å². The van der Waals surface area contributed by atoms with Crippen molar-refractivity contribution in [2.24, 2.45) is 0 Å². The molecule has 3 aromatic rings. The molecule has 152 valence electrons. The van der Waals surface area contributed by atoms with E-state index in [0.29, 0.717) is 0 Å². The van der Waals surface area contributed by atoms with Gasteiger partial charge in [0, 0.05) is 0 Å². The van der Waals surface area contributed by atoms with Gasteiger partial charge in [-0.15, -0.1) is 0 Å². The van der Waals surface area contributed by atoms with Gasteiger partial charge in [-0.25, -0.2) is 9.59 Å². The van der Waals surface area contributed by atoms with Crippen LogP contribution in [0, 0.1) is 0 Å². The number of rotatable bonds is 6. The van der Waals surface area contributed by atoms with Crippen LogP contribution in [-0.2, 0) is 9.59 Å². The van der Waals surface area contributed by atoms with Gasteiger partial charge in [0.1, 0.15) is 0 Å². The first kappa shape index (κ1) is 22.3. The Hall–Kier alpha value is -2.97. The van der Waals surface area contributed by atoms with Crippen molar-refractivity contribution in [1.82, 2.24) is 0 Å². The summed E-state index contributed by atoms with van der Waals surface area (Å²) in [7, 11) is -1.94. The van der Waals surface area contributed by atoms with Gasteiger partial charge in [0.05, 0.1) is 0 Å². The summed E-state index contributed by atoms with van der Waals surface area (Å²) in [4.78, 5) is 18.2. The van der Waals surface area contributed by atoms with E-state index >= 15 is 0 Å². The van der Waals surface area contributed by atoms with E-state index in [-0.39, 0.29) is 0 Å². The minimum atomic E-state index is -1.94. The Balaban J connectivity index is 0.000000438. The maximum atomic E-state index is 9.10. The van der Waals surface area contributed by atoms with Gasteiger partial charge in [-0.2, -0.15) is 0 Å². The number of carboxylic acids is 2. The van der Waals surface area contributed by atoms with Crippen molar-refractivity contribution < 1.29 is 19.8 Å². The third-order valence-electron chi connectivity index (χ3n) is 4.89. The molecule has 0 atom stereocenters. The Labute approximate surface area is 172 Å². The Morgan fingerprint density at radius 1 is 0.655 bits per heavy atom. The van der Waals surface area contributed by atoms with Crippen molar-refractivity contribution in [3.05, 3.63) is 91.0 Å². The average molecular weight is 410 g/mol. The molecule has 29 heavy (non-hydrogen) atoms. The van der Waals surface area contributed by atoms with Crippen molar-refractivity contribution in [2.45, 2.75) is 19.8 Å². The summed E-state index contributed by atoms with van der Waals surface area (Å²) >= 11 is 0. The minimum absolute atomic E-state index is 1.24. The Kier molecular flexibility index (Phi) is 8.57. The summed E-state index contributed by atoms with van der Waals surface area (Å²) in [6, 6.07) is 33.5. The van der Waals surface area contributed by atoms with E-state index in [1.54, 1.807) is 0 Å². The second-order valence-corrected chi connectivity index (χ2v) is 10.8. The topological polar surface area (TPSA) is 74.6 Å². The van der Waals surface area contributed by atoms with Crippen LogP contribution in [0.25, 0.3) is 0 Å². The van der Waals surface area contributed by atoms with E-state index in [1.165, 1.54) is 34.9 Å². The van der Waals surface area contributed by atoms with Crippen LogP contribution >= 0.6 is 7.26 Å². The van der Waals surface area contributed by atoms with E-state index in [2.05, 4.69) is 97.9 Å². The molecule has 0 unspecified atom stereocenters. The number of hydrogen-bond donors (Lipinski definition) is 2. The maximum absolute atomic E-state index is 9.10. The molecule has 0 spiro atoms. The predicted molar refractivity (Wildman–Crippen MR) is 122 cm³/mol. The molecule has 0 radical (unpaired) electrons. The molecule has 2 N–H and O–H groups in total. The molecule has 3 aromatic carbocycles. The van der Waals surface area contributed by atoms with Crippen molar-refractivity contribution >= 4 is 35.1 Å². The summed E-state index contributed by atoms with van der Waals surface area (Å²) in [6.45, 7) is 2.29. The number of benzene rings is 3. The summed E-state index contributed by atoms with van der Waals surface area (Å²) in [5.74, 6) is -3.65. The molecule has 0 amide bonds. The molecule has 0 aliphatic rings. The Morgan fingerprint density at radius 3 is 1.21 bits per heavy atom. The zero-order chi connectivity index (χ0) is 21.1. The molecule has 0 saturated heterocycles. The van der Waals surface area contributed by atoms with Gasteiger partial charge in [0.25, 0.3) is 0 Å². The molecule has 0 aliphatic carbocycles. The van der Waals surface area contributed by atoms with E-state index in [4.69, 9.17) is 19.8 Å². The first-order valence-corrected chi connectivity index (χ1v) is 11.9. The molecule has 5 heteroatoms. The van der Waals surface area contributed by atoms with Gasteiger partial charge in [-0.3, -0.25) is 0 Å². The van der Waals surface area contributed by atoms with E-state index in [9.17, 15) is 0 Å². The number of aliphatic carboxylic acids is 2. The molecular weight excluding hydrogens is 383 g/mol. The summed E-state index contributed by atoms with van der Waals surface area (Å²) in [6.07, 6.45) is 3.77. The van der Waals surface area contributed by atoms with E-state index < -0.39 is 19.2 Å². The fraction of sp³-hybridized carbons (Fsp3) is 0.167. The van der Waals surface area contributed by atoms with E-state index in [0.717, 1.165) is 0 Å². The Morgan fingerprint density at radius 2 is 0.966 bits per heavy atom. The van der Waals surface area contributed by atoms with Gasteiger partial charge in [-0.05, 0) is 0 Å². The van der Waals surface area contributed by atoms with Crippen LogP contribution in [-0.4, -0.2) is 28.3 Å². The Bertz CT molecular complexity index is 787. The zero-order valence-corrected chi connectivity index (χ0v) is 17.5. The van der Waals surface area contributed by atoms with Gasteiger partial charge in [0.15, 0.2) is 0 Å². The minimum Gasteiger partial charge on any atom is -0.473 e. The maximum Gasteiger partial charge on any atom is 0.414 e. The number of carbonyl (C=O) groups is 2. The van der Waals surface area contributed by atoms with Crippen LogP contribution in [0.1, 0.15) is 19.8 Å². The zero-order valence-electron chi connectivity index (χ0n) is 16.5. The number of unbranched alkanes of at least 4 members (excludes halogenated alkanes) is 1. The number of hydrogen-bond acceptors (Lipinski definition) is 2. The van der Waals surface area contributed by atoms with Gasteiger partial charge < -0.3 is 10.2 Å². The molecule has 0 heterocycles. The molecule has 0 bridgehead atoms. The first-order valence-electron chi connectivity index (χ1n) is 9.65. The molecule has 0 fully saturated rings. The number of carboxylic acid groups (broad SMARTS) is 2. The summed E-state index contributed by atoms with van der Waals surface area (Å²) in [5, 5.41) is 19.3. The molecular formula is C24H27O4P. The standard InChI is InChI=1S/C22H25P.C2H2O4/c1-2-3-19-23(20-13-7-4-8-14-20,21-15-9-5-10-16-21)22-17-11-6-12-18-22;3-1(4)2(5)6/h4-18,23H,2-3,19H2,1H3;(H,3,4)(H,5,6). The van der Waals surface area contributed by atoms with Crippen molar-refractivity contribution in [2.75, 3.05) is 6.16 Å². The molecule has 0 aromatic heterocycles. The smallest absolute Gasteiger partial charge is 0.414 e. The average Bonchev–Trinajstić information content (AvgIpc) is 2.77. The molecule has 0 saturated carbocycles. The second-order valence-electron chi connectivity index (χ2n) is 6.72. The first-order chi connectivity index (χ1) is 14.0. The fourth-order valence-corrected chi connectivity index (χ4v) is 8.58. The van der Waals surface area contributed by atoms with Crippen LogP contribution in [0.15, 0.2) is 91.0 Å². The van der Waals surface area contributed by atoms with Gasteiger partial charge in [0.2, 0.25) is 0 Å². The third-order valence-corrected chi connectivity index (χ3v) is 9.95. The van der Waals surface area contributed by atoms with Crippen LogP contribution in [0.4, 0.5) is 0 Å². The normalized spacial score (nSPS) is 11.1. The van der Waals surface area contributed by atoms with Crippen molar-refractivity contribution in [3.8, 4) is 0 Å². The quantitative estimate of drug-likeness (QED) is 0.480. The van der Waals surface area contributed by atoms with E-state index in [1.807, 2.05) is 0 Å². The van der Waals surface area contributed by atoms with Gasteiger partial charge in [-0.1, -0.05) is 0 Å². The largest absolute Gasteiger partial charge is 0.473 e. The fourth-order valence-electron chi connectivity index (χ4n) is 3.54. The van der Waals surface area contributed by atoms with Crippen molar-refractivity contribution in [3.63, 3.8) is 0 Å². The van der Waals surface area contributed by atoms with Crippen LogP contribution < -0.4 is 15.9 Å². The summed E-state index contributed by atoms with van der Waals surface area (Å²) in [5.41, 5.74) is 0. The SMILES string of the molecule is CCCC[PH](c1ccccc1)(c1ccccc1)c1ccccc1.O=C(O)C(=O)O. The van der Waals surface area contributed by atoms with Crippen LogP contribution in [0.5, 0.6) is 0 Å². The van der Waals surface area contributed by atoms with Crippen LogP contribution in [0.2, 0.25) is 0 Å². The monoisotopic (exact) mass is 410 g/mol. The van der Waals surface area contributed by atoms with Crippen molar-refractivity contribution in [1.29, 1.82) is 0 Å². The molecule has 3 rings (SSSR count). The summed E-state index contributed by atoms with van der Waals surface area (Å²) < 4.78 is 0. The third kappa shape index (κ3) is 5.75. The second kappa shape index (κ2) is 11.1. The molecule has 4 nitrogen and oxygen atoms in total. The molecule has 0 aliphatic heterocycles.